The van der Waals surface area contributed by atoms with Crippen molar-refractivity contribution in [1.29, 1.82) is 0 Å². The molecule has 0 bridgehead atoms. The molecule has 0 aromatic rings. The van der Waals surface area contributed by atoms with Gasteiger partial charge in [-0.15, -0.1) is 0 Å². The Bertz CT molecular complexity index is 305. The van der Waals surface area contributed by atoms with E-state index in [1.54, 1.807) is 0 Å². The van der Waals surface area contributed by atoms with E-state index in [0.717, 1.165) is 19.1 Å². The van der Waals surface area contributed by atoms with Crippen LogP contribution in [0.1, 0.15) is 26.7 Å². The van der Waals surface area contributed by atoms with Gasteiger partial charge in [0, 0.05) is 61.7 Å². The molecule has 1 saturated carbocycles. The van der Waals surface area contributed by atoms with Gasteiger partial charge in [0.15, 0.2) is 0 Å². The van der Waals surface area contributed by atoms with Crippen molar-refractivity contribution in [3.8, 4) is 0 Å². The molecule has 3 atom stereocenters. The molecule has 3 rings (SSSR count). The van der Waals surface area contributed by atoms with Gasteiger partial charge in [0.1, 0.15) is 0 Å². The quantitative estimate of drug-likeness (QED) is 0.851. The highest BCUT2D eigenvalue weighted by Crippen LogP contribution is 2.51. The Labute approximate surface area is 121 Å². The lowest BCUT2D eigenvalue weighted by Gasteiger charge is -2.60. The van der Waals surface area contributed by atoms with Crippen molar-refractivity contribution in [3.05, 3.63) is 0 Å². The second-order valence-corrected chi connectivity index (χ2v) is 8.03. The highest BCUT2D eigenvalue weighted by Gasteiger charge is 2.57. The zero-order chi connectivity index (χ0) is 13.3. The molecule has 3 nitrogen and oxygen atoms in total. The fourth-order valence-electron chi connectivity index (χ4n) is 4.14. The summed E-state index contributed by atoms with van der Waals surface area (Å²) < 4.78 is 5.97. The first-order valence-corrected chi connectivity index (χ1v) is 9.00. The molecule has 0 aromatic heterocycles. The SMILES string of the molecule is CC1(C)C(NCCN2CCSCC2)C2CCCOC21. The van der Waals surface area contributed by atoms with Gasteiger partial charge >= 0.3 is 0 Å². The second-order valence-electron chi connectivity index (χ2n) is 6.80. The minimum atomic E-state index is 0.322. The van der Waals surface area contributed by atoms with E-state index in [0.29, 0.717) is 17.6 Å². The van der Waals surface area contributed by atoms with Crippen LogP contribution >= 0.6 is 11.8 Å². The van der Waals surface area contributed by atoms with Gasteiger partial charge < -0.3 is 15.0 Å². The predicted octanol–water partition coefficient (Wildman–Crippen LogP) is 1.83. The van der Waals surface area contributed by atoms with E-state index in [2.05, 4.69) is 35.8 Å². The molecule has 110 valence electrons. The van der Waals surface area contributed by atoms with Crippen molar-refractivity contribution in [2.24, 2.45) is 11.3 Å². The van der Waals surface area contributed by atoms with Crippen LogP contribution in [-0.2, 0) is 4.74 Å². The van der Waals surface area contributed by atoms with Crippen molar-refractivity contribution in [2.75, 3.05) is 44.3 Å². The number of nitrogens with one attached hydrogen (secondary N) is 1. The number of hydrogen-bond acceptors (Lipinski definition) is 4. The number of nitrogens with zero attached hydrogens (tertiary/aromatic N) is 1. The van der Waals surface area contributed by atoms with Gasteiger partial charge in [-0.2, -0.15) is 11.8 Å². The van der Waals surface area contributed by atoms with E-state index in [4.69, 9.17) is 4.74 Å². The molecule has 3 aliphatic rings. The molecule has 0 radical (unpaired) electrons. The molecule has 1 N–H and O–H groups in total. The van der Waals surface area contributed by atoms with Crippen LogP contribution in [0.2, 0.25) is 0 Å². The van der Waals surface area contributed by atoms with Crippen molar-refractivity contribution in [3.63, 3.8) is 0 Å². The first-order valence-electron chi connectivity index (χ1n) is 7.84. The lowest BCUT2D eigenvalue weighted by Crippen LogP contribution is -2.69. The fourth-order valence-corrected chi connectivity index (χ4v) is 5.12. The van der Waals surface area contributed by atoms with E-state index >= 15 is 0 Å². The van der Waals surface area contributed by atoms with Crippen molar-refractivity contribution in [2.45, 2.75) is 38.8 Å². The first kappa shape index (κ1) is 14.2. The van der Waals surface area contributed by atoms with E-state index in [-0.39, 0.29) is 0 Å². The van der Waals surface area contributed by atoms with Crippen LogP contribution < -0.4 is 5.32 Å². The summed E-state index contributed by atoms with van der Waals surface area (Å²) in [4.78, 5) is 2.60. The van der Waals surface area contributed by atoms with Crippen LogP contribution in [-0.4, -0.2) is 61.3 Å². The fraction of sp³-hybridized carbons (Fsp3) is 1.00. The van der Waals surface area contributed by atoms with Gasteiger partial charge in [0.25, 0.3) is 0 Å². The summed E-state index contributed by atoms with van der Waals surface area (Å²) in [7, 11) is 0. The van der Waals surface area contributed by atoms with Gasteiger partial charge in [0.05, 0.1) is 6.10 Å². The molecule has 3 fully saturated rings. The highest BCUT2D eigenvalue weighted by atomic mass is 32.2. The summed E-state index contributed by atoms with van der Waals surface area (Å²) in [5, 5.41) is 3.83. The Morgan fingerprint density at radius 1 is 1.32 bits per heavy atom. The molecule has 19 heavy (non-hydrogen) atoms. The van der Waals surface area contributed by atoms with E-state index in [1.807, 2.05) is 0 Å². The number of rotatable bonds is 4. The summed E-state index contributed by atoms with van der Waals surface area (Å²) >= 11 is 2.09. The van der Waals surface area contributed by atoms with Gasteiger partial charge in [-0.3, -0.25) is 0 Å². The lowest BCUT2D eigenvalue weighted by molar-refractivity contribution is -0.192. The molecule has 0 spiro atoms. The summed E-state index contributed by atoms with van der Waals surface area (Å²) in [6, 6.07) is 0.664. The van der Waals surface area contributed by atoms with E-state index in [1.165, 1.54) is 44.0 Å². The van der Waals surface area contributed by atoms with E-state index in [9.17, 15) is 0 Å². The maximum absolute atomic E-state index is 5.97. The summed E-state index contributed by atoms with van der Waals surface area (Å²) in [6.07, 6.45) is 3.11. The number of fused-ring (bicyclic) bond motifs is 1. The van der Waals surface area contributed by atoms with Gasteiger partial charge in [-0.1, -0.05) is 13.8 Å². The summed E-state index contributed by atoms with van der Waals surface area (Å²) in [6.45, 7) is 10.6. The molecular weight excluding hydrogens is 256 g/mol. The Hall–Kier alpha value is 0.230. The molecule has 2 aliphatic heterocycles. The van der Waals surface area contributed by atoms with Gasteiger partial charge in [-0.05, 0) is 12.8 Å². The van der Waals surface area contributed by atoms with Crippen LogP contribution in [0.25, 0.3) is 0 Å². The molecule has 3 unspecified atom stereocenters. The molecule has 0 amide bonds. The minimum Gasteiger partial charge on any atom is -0.377 e. The first-order chi connectivity index (χ1) is 9.19. The van der Waals surface area contributed by atoms with Crippen LogP contribution in [0.4, 0.5) is 0 Å². The second kappa shape index (κ2) is 5.92. The molecule has 4 heteroatoms. The van der Waals surface area contributed by atoms with Crippen LogP contribution in [0.3, 0.4) is 0 Å². The monoisotopic (exact) mass is 284 g/mol. The third-order valence-electron chi connectivity index (χ3n) is 5.23. The van der Waals surface area contributed by atoms with E-state index < -0.39 is 0 Å². The minimum absolute atomic E-state index is 0.322. The topological polar surface area (TPSA) is 24.5 Å². The Morgan fingerprint density at radius 3 is 2.89 bits per heavy atom. The van der Waals surface area contributed by atoms with Gasteiger partial charge in [0.2, 0.25) is 0 Å². The largest absolute Gasteiger partial charge is 0.377 e. The number of ether oxygens (including phenoxy) is 1. The normalized spacial score (nSPS) is 38.5. The zero-order valence-corrected chi connectivity index (χ0v) is 13.2. The zero-order valence-electron chi connectivity index (χ0n) is 12.4. The lowest BCUT2D eigenvalue weighted by atomic mass is 9.55. The van der Waals surface area contributed by atoms with Crippen LogP contribution in [0.5, 0.6) is 0 Å². The highest BCUT2D eigenvalue weighted by molar-refractivity contribution is 7.99. The summed E-state index contributed by atoms with van der Waals surface area (Å²) in [5.41, 5.74) is 0.322. The summed E-state index contributed by atoms with van der Waals surface area (Å²) in [5.74, 6) is 3.39. The number of hydrogen-bond donors (Lipinski definition) is 1. The molecule has 2 heterocycles. The predicted molar refractivity (Wildman–Crippen MR) is 81.8 cm³/mol. The smallest absolute Gasteiger partial charge is 0.0684 e. The molecular formula is C15H28N2OS. The maximum atomic E-state index is 5.97. The van der Waals surface area contributed by atoms with Crippen molar-refractivity contribution >= 4 is 11.8 Å². The Morgan fingerprint density at radius 2 is 2.11 bits per heavy atom. The molecule has 0 aromatic carbocycles. The van der Waals surface area contributed by atoms with Crippen LogP contribution in [0, 0.1) is 11.3 Å². The van der Waals surface area contributed by atoms with Crippen LogP contribution in [0.15, 0.2) is 0 Å². The van der Waals surface area contributed by atoms with Crippen molar-refractivity contribution < 1.29 is 4.74 Å². The third-order valence-corrected chi connectivity index (χ3v) is 6.17. The molecule has 1 aliphatic carbocycles. The number of thioether (sulfide) groups is 1. The Kier molecular flexibility index (Phi) is 4.42. The third kappa shape index (κ3) is 2.82. The average Bonchev–Trinajstić information content (AvgIpc) is 2.44. The van der Waals surface area contributed by atoms with Gasteiger partial charge in [-0.25, -0.2) is 0 Å². The average molecular weight is 284 g/mol. The molecule has 2 saturated heterocycles. The standard InChI is InChI=1S/C15H28N2OS/c1-15(2)13(12-4-3-9-18-14(12)15)16-5-6-17-7-10-19-11-8-17/h12-14,16H,3-11H2,1-2H3. The maximum Gasteiger partial charge on any atom is 0.0684 e. The van der Waals surface area contributed by atoms with Crippen molar-refractivity contribution in [1.82, 2.24) is 10.2 Å². The Balaban J connectivity index is 1.44.